The summed E-state index contributed by atoms with van der Waals surface area (Å²) in [4.78, 5) is 1.22. The van der Waals surface area contributed by atoms with Crippen LogP contribution >= 0.6 is 22.9 Å². The van der Waals surface area contributed by atoms with Crippen molar-refractivity contribution in [2.75, 3.05) is 6.54 Å². The molecule has 0 amide bonds. The van der Waals surface area contributed by atoms with Crippen LogP contribution in [0.4, 0.5) is 0 Å². The third-order valence-corrected chi connectivity index (χ3v) is 5.33. The van der Waals surface area contributed by atoms with Gasteiger partial charge in [0.2, 0.25) is 0 Å². The van der Waals surface area contributed by atoms with Crippen molar-refractivity contribution in [1.29, 1.82) is 0 Å². The molecule has 102 valence electrons. The SMILES string of the molecule is CCNC(c1cccc(C)c1C)c1scc(C)c1Cl. The second-order valence-corrected chi connectivity index (χ2v) is 6.17. The van der Waals surface area contributed by atoms with Crippen molar-refractivity contribution in [3.05, 3.63) is 55.7 Å². The number of benzene rings is 1. The van der Waals surface area contributed by atoms with Crippen molar-refractivity contribution < 1.29 is 0 Å². The topological polar surface area (TPSA) is 12.0 Å². The Kier molecular flexibility index (Phi) is 4.67. The number of hydrogen-bond donors (Lipinski definition) is 1. The number of aryl methyl sites for hydroxylation is 2. The Hall–Kier alpha value is -0.830. The van der Waals surface area contributed by atoms with Crippen molar-refractivity contribution in [2.24, 2.45) is 0 Å². The van der Waals surface area contributed by atoms with Crippen LogP contribution in [0.1, 0.15) is 40.1 Å². The maximum absolute atomic E-state index is 6.45. The molecule has 1 aromatic heterocycles. The van der Waals surface area contributed by atoms with Crippen molar-refractivity contribution in [1.82, 2.24) is 5.32 Å². The fourth-order valence-corrected chi connectivity index (χ4v) is 3.67. The lowest BCUT2D eigenvalue weighted by molar-refractivity contribution is 0.636. The average molecular weight is 294 g/mol. The van der Waals surface area contributed by atoms with Crippen LogP contribution in [-0.4, -0.2) is 6.54 Å². The highest BCUT2D eigenvalue weighted by molar-refractivity contribution is 7.10. The second-order valence-electron chi connectivity index (χ2n) is 4.88. The molecule has 3 heteroatoms. The lowest BCUT2D eigenvalue weighted by atomic mass is 9.96. The van der Waals surface area contributed by atoms with Crippen LogP contribution in [0.5, 0.6) is 0 Å². The molecule has 1 atom stereocenters. The fraction of sp³-hybridized carbons (Fsp3) is 0.375. The summed E-state index contributed by atoms with van der Waals surface area (Å²) in [6.07, 6.45) is 0. The van der Waals surface area contributed by atoms with E-state index in [9.17, 15) is 0 Å². The van der Waals surface area contributed by atoms with Crippen LogP contribution in [0.3, 0.4) is 0 Å². The summed E-state index contributed by atoms with van der Waals surface area (Å²) in [5.41, 5.74) is 5.15. The first-order valence-electron chi connectivity index (χ1n) is 6.59. The van der Waals surface area contributed by atoms with E-state index in [2.05, 4.69) is 56.6 Å². The molecule has 1 N–H and O–H groups in total. The van der Waals surface area contributed by atoms with Gasteiger partial charge in [-0.15, -0.1) is 11.3 Å². The normalized spacial score (nSPS) is 12.7. The van der Waals surface area contributed by atoms with Crippen molar-refractivity contribution in [3.8, 4) is 0 Å². The Labute approximate surface area is 124 Å². The second kappa shape index (κ2) is 6.08. The number of rotatable bonds is 4. The molecule has 0 saturated heterocycles. The zero-order chi connectivity index (χ0) is 14.0. The standard InChI is InChI=1S/C16H20ClNS/c1-5-18-15(16-14(17)11(3)9-19-16)13-8-6-7-10(2)12(13)4/h6-9,15,18H,5H2,1-4H3. The monoisotopic (exact) mass is 293 g/mol. The van der Waals surface area contributed by atoms with Gasteiger partial charge in [0.05, 0.1) is 11.1 Å². The molecular formula is C16H20ClNS. The highest BCUT2D eigenvalue weighted by Crippen LogP contribution is 2.37. The fourth-order valence-electron chi connectivity index (χ4n) is 2.28. The van der Waals surface area contributed by atoms with E-state index in [0.29, 0.717) is 0 Å². The van der Waals surface area contributed by atoms with Crippen LogP contribution in [0, 0.1) is 20.8 Å². The molecule has 1 nitrogen and oxygen atoms in total. The van der Waals surface area contributed by atoms with Crippen molar-refractivity contribution in [3.63, 3.8) is 0 Å². The third kappa shape index (κ3) is 2.86. The molecule has 0 aliphatic carbocycles. The Balaban J connectivity index is 2.51. The van der Waals surface area contributed by atoms with Gasteiger partial charge in [-0.2, -0.15) is 0 Å². The van der Waals surface area contributed by atoms with E-state index in [1.807, 2.05) is 0 Å². The van der Waals surface area contributed by atoms with Crippen LogP contribution in [-0.2, 0) is 0 Å². The molecule has 19 heavy (non-hydrogen) atoms. The van der Waals surface area contributed by atoms with E-state index >= 15 is 0 Å². The maximum atomic E-state index is 6.45. The molecule has 0 aliphatic heterocycles. The van der Waals surface area contributed by atoms with Gasteiger partial charge in [-0.25, -0.2) is 0 Å². The quantitative estimate of drug-likeness (QED) is 0.834. The minimum absolute atomic E-state index is 0.191. The van der Waals surface area contributed by atoms with Crippen LogP contribution in [0.15, 0.2) is 23.6 Å². The van der Waals surface area contributed by atoms with Gasteiger partial charge in [0.1, 0.15) is 0 Å². The summed E-state index contributed by atoms with van der Waals surface area (Å²) >= 11 is 8.19. The molecule has 0 bridgehead atoms. The summed E-state index contributed by atoms with van der Waals surface area (Å²) in [7, 11) is 0. The Bertz CT molecular complexity index is 574. The lowest BCUT2D eigenvalue weighted by Gasteiger charge is -2.21. The first-order chi connectivity index (χ1) is 9.06. The smallest absolute Gasteiger partial charge is 0.0688 e. The maximum Gasteiger partial charge on any atom is 0.0688 e. The summed E-state index contributed by atoms with van der Waals surface area (Å²) in [5, 5.41) is 6.60. The summed E-state index contributed by atoms with van der Waals surface area (Å²) in [6.45, 7) is 9.46. The Morgan fingerprint density at radius 3 is 2.53 bits per heavy atom. The number of thiophene rings is 1. The highest BCUT2D eigenvalue weighted by Gasteiger charge is 2.20. The zero-order valence-electron chi connectivity index (χ0n) is 11.9. The number of halogens is 1. The predicted octanol–water partition coefficient (Wildman–Crippen LogP) is 5.03. The average Bonchev–Trinajstić information content (AvgIpc) is 2.71. The zero-order valence-corrected chi connectivity index (χ0v) is 13.5. The first kappa shape index (κ1) is 14.6. The van der Waals surface area contributed by atoms with E-state index in [1.54, 1.807) is 11.3 Å². The molecule has 0 saturated carbocycles. The molecule has 0 fully saturated rings. The van der Waals surface area contributed by atoms with Gasteiger partial charge >= 0.3 is 0 Å². The largest absolute Gasteiger partial charge is 0.306 e. The molecule has 0 radical (unpaired) electrons. The summed E-state index contributed by atoms with van der Waals surface area (Å²) in [6, 6.07) is 6.66. The van der Waals surface area contributed by atoms with Crippen molar-refractivity contribution in [2.45, 2.75) is 33.7 Å². The summed E-state index contributed by atoms with van der Waals surface area (Å²) < 4.78 is 0. The minimum atomic E-state index is 0.191. The van der Waals surface area contributed by atoms with E-state index < -0.39 is 0 Å². The van der Waals surface area contributed by atoms with Gasteiger partial charge in [-0.3, -0.25) is 0 Å². The van der Waals surface area contributed by atoms with E-state index in [1.165, 1.54) is 21.6 Å². The first-order valence-corrected chi connectivity index (χ1v) is 7.85. The van der Waals surface area contributed by atoms with Gasteiger partial charge in [0.25, 0.3) is 0 Å². The molecule has 0 spiro atoms. The molecule has 1 heterocycles. The van der Waals surface area contributed by atoms with Gasteiger partial charge < -0.3 is 5.32 Å². The molecular weight excluding hydrogens is 274 g/mol. The molecule has 1 aromatic carbocycles. The minimum Gasteiger partial charge on any atom is -0.306 e. The van der Waals surface area contributed by atoms with Gasteiger partial charge in [-0.05, 0) is 54.9 Å². The molecule has 2 aromatic rings. The van der Waals surface area contributed by atoms with Gasteiger partial charge in [0.15, 0.2) is 0 Å². The highest BCUT2D eigenvalue weighted by atomic mass is 35.5. The third-order valence-electron chi connectivity index (χ3n) is 3.55. The van der Waals surface area contributed by atoms with E-state index in [4.69, 9.17) is 11.6 Å². The van der Waals surface area contributed by atoms with E-state index in [-0.39, 0.29) is 6.04 Å². The van der Waals surface area contributed by atoms with Crippen LogP contribution < -0.4 is 5.32 Å². The Morgan fingerprint density at radius 1 is 1.21 bits per heavy atom. The number of hydrogen-bond acceptors (Lipinski definition) is 2. The van der Waals surface area contributed by atoms with Crippen LogP contribution in [0.2, 0.25) is 5.02 Å². The van der Waals surface area contributed by atoms with E-state index in [0.717, 1.165) is 17.1 Å². The van der Waals surface area contributed by atoms with Crippen molar-refractivity contribution >= 4 is 22.9 Å². The number of nitrogens with one attached hydrogen (secondary N) is 1. The molecule has 2 rings (SSSR count). The van der Waals surface area contributed by atoms with Crippen LogP contribution in [0.25, 0.3) is 0 Å². The van der Waals surface area contributed by atoms with Gasteiger partial charge in [-0.1, -0.05) is 36.7 Å². The summed E-state index contributed by atoms with van der Waals surface area (Å²) in [5.74, 6) is 0. The lowest BCUT2D eigenvalue weighted by Crippen LogP contribution is -2.22. The predicted molar refractivity (Wildman–Crippen MR) is 85.5 cm³/mol. The molecule has 0 aliphatic rings. The molecule has 1 unspecified atom stereocenters. The van der Waals surface area contributed by atoms with Gasteiger partial charge in [0, 0.05) is 4.88 Å². The Morgan fingerprint density at radius 2 is 1.95 bits per heavy atom.